The molecule has 8 nitrogen and oxygen atoms in total. The number of fused-ring (bicyclic) bond motifs is 2. The maximum Gasteiger partial charge on any atom is 0.323 e. The number of sulfonamides is 1. The van der Waals surface area contributed by atoms with E-state index >= 15 is 0 Å². The number of nitrogens with zero attached hydrogens (tertiary/aromatic N) is 2. The number of piperazine rings is 1. The average molecular weight is 501 g/mol. The van der Waals surface area contributed by atoms with Crippen LogP contribution in [0.15, 0.2) is 65.6 Å². The fourth-order valence-corrected chi connectivity index (χ4v) is 6.79. The van der Waals surface area contributed by atoms with Gasteiger partial charge in [-0.25, -0.2) is 8.42 Å². The van der Waals surface area contributed by atoms with Crippen LogP contribution in [0.25, 0.3) is 0 Å². The fourth-order valence-electron chi connectivity index (χ4n) is 5.25. The molecule has 2 aliphatic heterocycles. The van der Waals surface area contributed by atoms with Crippen LogP contribution in [-0.4, -0.2) is 67.9 Å². The third kappa shape index (κ3) is 4.98. The number of esters is 2. The molecule has 2 bridgehead atoms. The van der Waals surface area contributed by atoms with Gasteiger partial charge < -0.3 is 9.47 Å². The summed E-state index contributed by atoms with van der Waals surface area (Å²) in [6.45, 7) is 4.64. The molecule has 0 spiro atoms. The fraction of sp³-hybridized carbons (Fsp3) is 0.462. The Morgan fingerprint density at radius 2 is 1.34 bits per heavy atom. The first-order valence-electron chi connectivity index (χ1n) is 12.0. The topological polar surface area (TPSA) is 93.2 Å². The van der Waals surface area contributed by atoms with Gasteiger partial charge in [0.05, 0.1) is 18.1 Å². The highest BCUT2D eigenvalue weighted by Gasteiger charge is 2.59. The molecule has 0 saturated carbocycles. The molecule has 0 radical (unpaired) electrons. The lowest BCUT2D eigenvalue weighted by Crippen LogP contribution is -2.67. The molecule has 0 amide bonds. The monoisotopic (exact) mass is 500 g/mol. The SMILES string of the molecule is CCOC(=O)C1(C(=O)OCC)C[C@H]2CN(S(=O)(=O)c3ccccc3)C[C@@H](C1)N2Cc1ccccc1. The number of hydrogen-bond donors (Lipinski definition) is 0. The summed E-state index contributed by atoms with van der Waals surface area (Å²) in [7, 11) is -3.72. The number of benzene rings is 2. The van der Waals surface area contributed by atoms with Gasteiger partial charge in [-0.2, -0.15) is 4.31 Å². The van der Waals surface area contributed by atoms with Crippen LogP contribution in [0.3, 0.4) is 0 Å². The van der Waals surface area contributed by atoms with E-state index in [4.69, 9.17) is 9.47 Å². The predicted octanol–water partition coefficient (Wildman–Crippen LogP) is 2.84. The lowest BCUT2D eigenvalue weighted by Gasteiger charge is -2.53. The van der Waals surface area contributed by atoms with E-state index in [9.17, 15) is 18.0 Å². The van der Waals surface area contributed by atoms with Crippen LogP contribution in [0.1, 0.15) is 32.3 Å². The first-order valence-corrected chi connectivity index (χ1v) is 13.4. The molecule has 0 unspecified atom stereocenters. The van der Waals surface area contributed by atoms with Crippen molar-refractivity contribution >= 4 is 22.0 Å². The van der Waals surface area contributed by atoms with E-state index in [0.717, 1.165) is 5.56 Å². The molecular formula is C26H32N2O6S. The van der Waals surface area contributed by atoms with Gasteiger partial charge in [0.2, 0.25) is 10.0 Å². The molecule has 35 heavy (non-hydrogen) atoms. The maximum atomic E-state index is 13.4. The quantitative estimate of drug-likeness (QED) is 0.406. The zero-order chi connectivity index (χ0) is 25.1. The molecule has 2 aromatic rings. The van der Waals surface area contributed by atoms with E-state index in [0.29, 0.717) is 6.54 Å². The van der Waals surface area contributed by atoms with Crippen LogP contribution >= 0.6 is 0 Å². The van der Waals surface area contributed by atoms with E-state index in [-0.39, 0.29) is 56.1 Å². The van der Waals surface area contributed by atoms with Crippen molar-refractivity contribution in [1.29, 1.82) is 0 Å². The minimum Gasteiger partial charge on any atom is -0.465 e. The molecule has 2 aromatic carbocycles. The Morgan fingerprint density at radius 3 is 1.83 bits per heavy atom. The van der Waals surface area contributed by atoms with Gasteiger partial charge in [-0.1, -0.05) is 48.5 Å². The number of ether oxygens (including phenoxy) is 2. The Kier molecular flexibility index (Phi) is 7.59. The number of piperidine rings is 1. The Hall–Kier alpha value is -2.75. The molecule has 4 rings (SSSR count). The highest BCUT2D eigenvalue weighted by molar-refractivity contribution is 7.89. The number of carbonyl (C=O) groups excluding carboxylic acids is 2. The third-order valence-electron chi connectivity index (χ3n) is 6.86. The van der Waals surface area contributed by atoms with Gasteiger partial charge in [-0.05, 0) is 44.4 Å². The number of carbonyl (C=O) groups is 2. The van der Waals surface area contributed by atoms with Gasteiger partial charge in [0, 0.05) is 31.7 Å². The van der Waals surface area contributed by atoms with E-state index in [1.54, 1.807) is 44.2 Å². The largest absolute Gasteiger partial charge is 0.465 e. The van der Waals surface area contributed by atoms with Crippen molar-refractivity contribution in [2.45, 2.75) is 50.2 Å². The first kappa shape index (κ1) is 25.3. The lowest BCUT2D eigenvalue weighted by molar-refractivity contribution is -0.182. The van der Waals surface area contributed by atoms with Crippen LogP contribution < -0.4 is 0 Å². The van der Waals surface area contributed by atoms with Gasteiger partial charge >= 0.3 is 11.9 Å². The minimum atomic E-state index is -3.72. The van der Waals surface area contributed by atoms with Gasteiger partial charge in [0.15, 0.2) is 5.41 Å². The molecular weight excluding hydrogens is 468 g/mol. The molecule has 0 N–H and O–H groups in total. The molecule has 0 aliphatic carbocycles. The highest BCUT2D eigenvalue weighted by atomic mass is 32.2. The van der Waals surface area contributed by atoms with Gasteiger partial charge in [0.25, 0.3) is 0 Å². The third-order valence-corrected chi connectivity index (χ3v) is 8.70. The van der Waals surface area contributed by atoms with Crippen molar-refractivity contribution in [2.75, 3.05) is 26.3 Å². The summed E-state index contributed by atoms with van der Waals surface area (Å²) in [6.07, 6.45) is 0.267. The summed E-state index contributed by atoms with van der Waals surface area (Å²) in [5.74, 6) is -1.18. The zero-order valence-corrected chi connectivity index (χ0v) is 20.9. The molecule has 0 aromatic heterocycles. The van der Waals surface area contributed by atoms with Gasteiger partial charge in [0.1, 0.15) is 0 Å². The summed E-state index contributed by atoms with van der Waals surface area (Å²) >= 11 is 0. The lowest BCUT2D eigenvalue weighted by atomic mass is 9.70. The van der Waals surface area contributed by atoms with Crippen LogP contribution in [-0.2, 0) is 35.6 Å². The first-order chi connectivity index (χ1) is 16.8. The molecule has 2 atom stereocenters. The highest BCUT2D eigenvalue weighted by Crippen LogP contribution is 2.44. The average Bonchev–Trinajstić information content (AvgIpc) is 2.85. The Morgan fingerprint density at radius 1 is 0.857 bits per heavy atom. The van der Waals surface area contributed by atoms with Gasteiger partial charge in [-0.3, -0.25) is 14.5 Å². The minimum absolute atomic E-state index is 0.134. The van der Waals surface area contributed by atoms with E-state index in [1.807, 2.05) is 30.3 Å². The van der Waals surface area contributed by atoms with Crippen LogP contribution in [0.5, 0.6) is 0 Å². The van der Waals surface area contributed by atoms with Crippen molar-refractivity contribution < 1.29 is 27.5 Å². The van der Waals surface area contributed by atoms with Crippen LogP contribution in [0.4, 0.5) is 0 Å². The molecule has 9 heteroatoms. The van der Waals surface area contributed by atoms with Gasteiger partial charge in [-0.15, -0.1) is 0 Å². The molecule has 2 fully saturated rings. The van der Waals surface area contributed by atoms with Crippen LogP contribution in [0, 0.1) is 5.41 Å². The second-order valence-corrected chi connectivity index (χ2v) is 11.0. The summed E-state index contributed by atoms with van der Waals surface area (Å²) in [4.78, 5) is 28.8. The van der Waals surface area contributed by atoms with Crippen molar-refractivity contribution in [3.05, 3.63) is 66.2 Å². The smallest absolute Gasteiger partial charge is 0.323 e. The number of hydrogen-bond acceptors (Lipinski definition) is 7. The summed E-state index contributed by atoms with van der Waals surface area (Å²) in [5, 5.41) is 0. The van der Waals surface area contributed by atoms with Crippen molar-refractivity contribution in [1.82, 2.24) is 9.21 Å². The van der Waals surface area contributed by atoms with Crippen molar-refractivity contribution in [3.63, 3.8) is 0 Å². The van der Waals surface area contributed by atoms with Crippen molar-refractivity contribution in [3.8, 4) is 0 Å². The normalized spacial score (nSPS) is 22.3. The molecule has 188 valence electrons. The Labute approximate surface area is 206 Å². The van der Waals surface area contributed by atoms with Crippen molar-refractivity contribution in [2.24, 2.45) is 5.41 Å². The molecule has 2 heterocycles. The zero-order valence-electron chi connectivity index (χ0n) is 20.1. The second-order valence-electron chi connectivity index (χ2n) is 9.03. The van der Waals surface area contributed by atoms with E-state index in [1.165, 1.54) is 4.31 Å². The van der Waals surface area contributed by atoms with Crippen LogP contribution in [0.2, 0.25) is 0 Å². The maximum absolute atomic E-state index is 13.4. The number of rotatable bonds is 8. The van der Waals surface area contributed by atoms with E-state index < -0.39 is 27.4 Å². The standard InChI is InChI=1S/C26H32N2O6S/c1-3-33-24(29)26(25(30)34-4-2)15-21-18-27(35(31,32)23-13-9-6-10-14-23)19-22(16-26)28(21)17-20-11-7-5-8-12-20/h5-14,21-22H,3-4,15-19H2,1-2H3/t21-,22+. The second kappa shape index (κ2) is 10.5. The molecule has 2 saturated heterocycles. The Bertz CT molecular complexity index is 1100. The summed E-state index contributed by atoms with van der Waals surface area (Å²) in [5.41, 5.74) is -0.362. The summed E-state index contributed by atoms with van der Waals surface area (Å²) in [6, 6.07) is 17.5. The summed E-state index contributed by atoms with van der Waals surface area (Å²) < 4.78 is 39.1. The predicted molar refractivity (Wildman–Crippen MR) is 130 cm³/mol. The Balaban J connectivity index is 1.70. The molecule has 2 aliphatic rings. The van der Waals surface area contributed by atoms with E-state index in [2.05, 4.69) is 4.90 Å².